The van der Waals surface area contributed by atoms with E-state index in [-0.39, 0.29) is 12.5 Å². The normalized spacial score (nSPS) is 16.5. The highest BCUT2D eigenvalue weighted by Crippen LogP contribution is 2.24. The van der Waals surface area contributed by atoms with Gasteiger partial charge in [0.05, 0.1) is 12.3 Å². The molecular formula is C12H16BrN3O2. The summed E-state index contributed by atoms with van der Waals surface area (Å²) in [6.45, 7) is 1.74. The summed E-state index contributed by atoms with van der Waals surface area (Å²) in [6, 6.07) is 5.28. The number of nitrogens with one attached hydrogen (secondary N) is 1. The average Bonchev–Trinajstić information content (AvgIpc) is 2.34. The fraction of sp³-hybridized carbons (Fsp3) is 0.417. The van der Waals surface area contributed by atoms with Gasteiger partial charge in [-0.05, 0) is 47.0 Å². The van der Waals surface area contributed by atoms with Gasteiger partial charge in [-0.1, -0.05) is 0 Å². The van der Waals surface area contributed by atoms with Crippen LogP contribution in [0.5, 0.6) is 0 Å². The second-order valence-corrected chi connectivity index (χ2v) is 5.05. The lowest BCUT2D eigenvalue weighted by molar-refractivity contribution is -0.182. The van der Waals surface area contributed by atoms with E-state index in [2.05, 4.69) is 21.2 Å². The number of benzene rings is 1. The molecule has 1 aromatic carbocycles. The molecule has 5 nitrogen and oxygen atoms in total. The number of nitrogens with two attached hydrogens (primary N) is 1. The van der Waals surface area contributed by atoms with E-state index in [1.54, 1.807) is 23.3 Å². The van der Waals surface area contributed by atoms with Gasteiger partial charge in [0.25, 0.3) is 0 Å². The third-order valence-electron chi connectivity index (χ3n) is 2.66. The minimum absolute atomic E-state index is 0.0950. The first-order valence-electron chi connectivity index (χ1n) is 5.88. The smallest absolute Gasteiger partial charge is 0.241 e. The van der Waals surface area contributed by atoms with Gasteiger partial charge in [-0.2, -0.15) is 5.06 Å². The summed E-state index contributed by atoms with van der Waals surface area (Å²) >= 11 is 3.36. The average molecular weight is 314 g/mol. The number of rotatable bonds is 3. The predicted octanol–water partition coefficient (Wildman–Crippen LogP) is 2.00. The first-order valence-corrected chi connectivity index (χ1v) is 6.67. The molecule has 0 saturated carbocycles. The highest BCUT2D eigenvalue weighted by Gasteiger charge is 2.15. The fourth-order valence-corrected chi connectivity index (χ4v) is 2.25. The van der Waals surface area contributed by atoms with Crippen LogP contribution in [-0.4, -0.2) is 30.7 Å². The van der Waals surface area contributed by atoms with E-state index in [9.17, 15) is 4.79 Å². The Balaban J connectivity index is 1.90. The summed E-state index contributed by atoms with van der Waals surface area (Å²) in [6.07, 6.45) is 2.13. The van der Waals surface area contributed by atoms with E-state index in [0.717, 1.165) is 23.9 Å². The van der Waals surface area contributed by atoms with Gasteiger partial charge in [-0.25, -0.2) is 0 Å². The van der Waals surface area contributed by atoms with Crippen LogP contribution in [0.1, 0.15) is 12.8 Å². The highest BCUT2D eigenvalue weighted by molar-refractivity contribution is 9.10. The standard InChI is InChI=1S/C12H16BrN3O2/c13-10-7-9(14)3-4-11(10)15-12(17)8-16-5-1-2-6-18-16/h3-4,7H,1-2,5-6,8,14H2,(H,15,17). The minimum atomic E-state index is -0.0950. The van der Waals surface area contributed by atoms with Crippen LogP contribution in [0.4, 0.5) is 11.4 Å². The molecule has 18 heavy (non-hydrogen) atoms. The Bertz CT molecular complexity index is 433. The van der Waals surface area contributed by atoms with Crippen molar-refractivity contribution >= 4 is 33.2 Å². The van der Waals surface area contributed by atoms with Crippen molar-refractivity contribution in [1.29, 1.82) is 0 Å². The molecule has 98 valence electrons. The molecule has 0 radical (unpaired) electrons. The quantitative estimate of drug-likeness (QED) is 0.838. The molecule has 1 saturated heterocycles. The maximum absolute atomic E-state index is 11.8. The van der Waals surface area contributed by atoms with Gasteiger partial charge in [-0.3, -0.25) is 9.63 Å². The number of amides is 1. The van der Waals surface area contributed by atoms with Crippen molar-refractivity contribution in [3.05, 3.63) is 22.7 Å². The van der Waals surface area contributed by atoms with E-state index in [1.165, 1.54) is 0 Å². The van der Waals surface area contributed by atoms with Crippen molar-refractivity contribution in [2.75, 3.05) is 30.7 Å². The van der Waals surface area contributed by atoms with E-state index in [0.29, 0.717) is 18.0 Å². The topological polar surface area (TPSA) is 67.6 Å². The zero-order valence-electron chi connectivity index (χ0n) is 9.99. The number of nitrogens with zero attached hydrogens (tertiary/aromatic N) is 1. The summed E-state index contributed by atoms with van der Waals surface area (Å²) in [5.74, 6) is -0.0950. The molecule has 0 aromatic heterocycles. The van der Waals surface area contributed by atoms with Crippen molar-refractivity contribution in [3.8, 4) is 0 Å². The molecule has 0 spiro atoms. The molecule has 1 aliphatic rings. The fourth-order valence-electron chi connectivity index (χ4n) is 1.76. The molecule has 0 bridgehead atoms. The SMILES string of the molecule is Nc1ccc(NC(=O)CN2CCCCO2)c(Br)c1. The Morgan fingerprint density at radius 2 is 2.33 bits per heavy atom. The zero-order valence-corrected chi connectivity index (χ0v) is 11.6. The molecular weight excluding hydrogens is 298 g/mol. The molecule has 3 N–H and O–H groups in total. The van der Waals surface area contributed by atoms with Gasteiger partial charge >= 0.3 is 0 Å². The van der Waals surface area contributed by atoms with E-state index < -0.39 is 0 Å². The molecule has 0 aliphatic carbocycles. The zero-order chi connectivity index (χ0) is 13.0. The highest BCUT2D eigenvalue weighted by atomic mass is 79.9. The van der Waals surface area contributed by atoms with Crippen molar-refractivity contribution in [3.63, 3.8) is 0 Å². The molecule has 2 rings (SSSR count). The van der Waals surface area contributed by atoms with Gasteiger partial charge in [0.15, 0.2) is 0 Å². The van der Waals surface area contributed by atoms with Gasteiger partial charge in [0.1, 0.15) is 6.54 Å². The van der Waals surface area contributed by atoms with Crippen LogP contribution in [0.2, 0.25) is 0 Å². The van der Waals surface area contributed by atoms with Crippen LogP contribution >= 0.6 is 15.9 Å². The van der Waals surface area contributed by atoms with E-state index >= 15 is 0 Å². The number of halogens is 1. The molecule has 1 fully saturated rings. The van der Waals surface area contributed by atoms with Gasteiger partial charge in [0.2, 0.25) is 5.91 Å². The van der Waals surface area contributed by atoms with Crippen molar-refractivity contribution in [1.82, 2.24) is 5.06 Å². The Hall–Kier alpha value is -1.11. The maximum atomic E-state index is 11.8. The lowest BCUT2D eigenvalue weighted by atomic mass is 10.3. The molecule has 6 heteroatoms. The third-order valence-corrected chi connectivity index (χ3v) is 3.32. The second kappa shape index (κ2) is 6.17. The number of carbonyl (C=O) groups excluding carboxylic acids is 1. The summed E-state index contributed by atoms with van der Waals surface area (Å²) in [5, 5.41) is 4.52. The van der Waals surface area contributed by atoms with Crippen LogP contribution in [0, 0.1) is 0 Å². The largest absolute Gasteiger partial charge is 0.399 e. The molecule has 0 unspecified atom stereocenters. The summed E-state index contributed by atoms with van der Waals surface area (Å²) in [4.78, 5) is 17.2. The molecule has 1 aromatic rings. The molecule has 1 amide bonds. The van der Waals surface area contributed by atoms with Gasteiger partial charge in [0, 0.05) is 16.7 Å². The lowest BCUT2D eigenvalue weighted by Crippen LogP contribution is -2.36. The first kappa shape index (κ1) is 13.3. The van der Waals surface area contributed by atoms with Crippen molar-refractivity contribution in [2.24, 2.45) is 0 Å². The summed E-state index contributed by atoms with van der Waals surface area (Å²) < 4.78 is 0.774. The number of hydroxylamine groups is 2. The monoisotopic (exact) mass is 313 g/mol. The molecule has 1 heterocycles. The Morgan fingerprint density at radius 3 is 3.00 bits per heavy atom. The van der Waals surface area contributed by atoms with Gasteiger partial charge < -0.3 is 11.1 Å². The number of hydrogen-bond acceptors (Lipinski definition) is 4. The Kier molecular flexibility index (Phi) is 4.57. The van der Waals surface area contributed by atoms with Crippen molar-refractivity contribution < 1.29 is 9.63 Å². The third kappa shape index (κ3) is 3.69. The minimum Gasteiger partial charge on any atom is -0.399 e. The predicted molar refractivity (Wildman–Crippen MR) is 73.9 cm³/mol. The van der Waals surface area contributed by atoms with Crippen LogP contribution in [0.25, 0.3) is 0 Å². The Morgan fingerprint density at radius 1 is 1.50 bits per heavy atom. The Labute approximate surface area is 114 Å². The van der Waals surface area contributed by atoms with Crippen LogP contribution in [-0.2, 0) is 9.63 Å². The van der Waals surface area contributed by atoms with E-state index in [1.807, 2.05) is 0 Å². The van der Waals surface area contributed by atoms with Gasteiger partial charge in [-0.15, -0.1) is 0 Å². The number of nitrogen functional groups attached to an aromatic ring is 1. The summed E-state index contributed by atoms with van der Waals surface area (Å²) in [5.41, 5.74) is 7.00. The van der Waals surface area contributed by atoms with Crippen LogP contribution in [0.15, 0.2) is 22.7 Å². The molecule has 1 aliphatic heterocycles. The lowest BCUT2D eigenvalue weighted by Gasteiger charge is -2.25. The number of carbonyl (C=O) groups is 1. The maximum Gasteiger partial charge on any atom is 0.241 e. The van der Waals surface area contributed by atoms with Crippen LogP contribution in [0.3, 0.4) is 0 Å². The van der Waals surface area contributed by atoms with Crippen molar-refractivity contribution in [2.45, 2.75) is 12.8 Å². The molecule has 0 atom stereocenters. The summed E-state index contributed by atoms with van der Waals surface area (Å²) in [7, 11) is 0. The number of hydrogen-bond donors (Lipinski definition) is 2. The second-order valence-electron chi connectivity index (χ2n) is 4.19. The number of anilines is 2. The van der Waals surface area contributed by atoms with Crippen LogP contribution < -0.4 is 11.1 Å². The first-order chi connectivity index (χ1) is 8.65. The van der Waals surface area contributed by atoms with E-state index in [4.69, 9.17) is 10.6 Å².